The Morgan fingerprint density at radius 3 is 2.65 bits per heavy atom. The van der Waals surface area contributed by atoms with Crippen LogP contribution in [0.1, 0.15) is 12.8 Å². The third-order valence-electron chi connectivity index (χ3n) is 3.41. The fraction of sp³-hybridized carbons (Fsp3) is 0.267. The molecule has 1 saturated carbocycles. The van der Waals surface area contributed by atoms with Crippen LogP contribution < -0.4 is 10.5 Å². The normalized spacial score (nSPS) is 15.9. The maximum atomic E-state index is 9.32. The number of aromatic nitrogens is 1. The molecule has 2 aromatic rings. The van der Waals surface area contributed by atoms with Crippen LogP contribution in [0.15, 0.2) is 36.5 Å². The van der Waals surface area contributed by atoms with Gasteiger partial charge in [0.15, 0.2) is 0 Å². The first kappa shape index (κ1) is 13.2. The minimum Gasteiger partial charge on any atom is -0.508 e. The molecule has 0 saturated heterocycles. The molecular formula is C15H15ClN2O2. The third kappa shape index (κ3) is 2.86. The molecule has 1 aromatic carbocycles. The topological polar surface area (TPSA) is 68.4 Å². The number of phenols is 1. The molecule has 0 atom stereocenters. The van der Waals surface area contributed by atoms with Gasteiger partial charge in [-0.05, 0) is 36.6 Å². The Bertz CT molecular complexity index is 624. The van der Waals surface area contributed by atoms with Gasteiger partial charge in [-0.2, -0.15) is 0 Å². The van der Waals surface area contributed by atoms with Crippen LogP contribution in [0, 0.1) is 0 Å². The largest absolute Gasteiger partial charge is 0.508 e. The Morgan fingerprint density at radius 1 is 1.30 bits per heavy atom. The Kier molecular flexibility index (Phi) is 3.28. The second-order valence-corrected chi connectivity index (χ2v) is 5.57. The zero-order valence-electron chi connectivity index (χ0n) is 10.8. The molecule has 104 valence electrons. The summed E-state index contributed by atoms with van der Waals surface area (Å²) in [4.78, 5) is 4.14. The standard InChI is InChI=1S/C15H15ClN2O2/c16-14-13(10-1-3-11(19)4-2-10)7-12(8-18-14)20-9-15(17)5-6-15/h1-4,7-8,19H,5-6,9,17H2. The Hall–Kier alpha value is -1.78. The number of ether oxygens (including phenoxy) is 1. The summed E-state index contributed by atoms with van der Waals surface area (Å²) in [7, 11) is 0. The molecule has 1 aliphatic rings. The van der Waals surface area contributed by atoms with E-state index in [4.69, 9.17) is 22.1 Å². The minimum atomic E-state index is -0.168. The summed E-state index contributed by atoms with van der Waals surface area (Å²) in [6, 6.07) is 8.63. The van der Waals surface area contributed by atoms with Crippen molar-refractivity contribution in [1.29, 1.82) is 0 Å². The van der Waals surface area contributed by atoms with Crippen molar-refractivity contribution in [3.63, 3.8) is 0 Å². The Balaban J connectivity index is 1.84. The third-order valence-corrected chi connectivity index (χ3v) is 3.71. The van der Waals surface area contributed by atoms with Crippen LogP contribution in [0.25, 0.3) is 11.1 Å². The maximum absolute atomic E-state index is 9.32. The lowest BCUT2D eigenvalue weighted by Crippen LogP contribution is -2.29. The summed E-state index contributed by atoms with van der Waals surface area (Å²) in [6.07, 6.45) is 3.59. The first-order valence-corrected chi connectivity index (χ1v) is 6.80. The molecule has 0 spiro atoms. The first-order valence-electron chi connectivity index (χ1n) is 6.42. The van der Waals surface area contributed by atoms with E-state index in [9.17, 15) is 5.11 Å². The summed E-state index contributed by atoms with van der Waals surface area (Å²) in [5.41, 5.74) is 7.47. The summed E-state index contributed by atoms with van der Waals surface area (Å²) in [6.45, 7) is 0.491. The maximum Gasteiger partial charge on any atom is 0.138 e. The number of benzene rings is 1. The zero-order valence-corrected chi connectivity index (χ0v) is 11.6. The summed E-state index contributed by atoms with van der Waals surface area (Å²) < 4.78 is 5.68. The number of aromatic hydroxyl groups is 1. The molecule has 3 N–H and O–H groups in total. The monoisotopic (exact) mass is 290 g/mol. The smallest absolute Gasteiger partial charge is 0.138 e. The van der Waals surface area contributed by atoms with E-state index in [2.05, 4.69) is 4.98 Å². The van der Waals surface area contributed by atoms with Crippen molar-refractivity contribution in [2.75, 3.05) is 6.61 Å². The lowest BCUT2D eigenvalue weighted by atomic mass is 10.1. The Labute approximate surface area is 122 Å². The molecule has 5 heteroatoms. The van der Waals surface area contributed by atoms with Crippen molar-refractivity contribution in [1.82, 2.24) is 4.98 Å². The van der Waals surface area contributed by atoms with Crippen molar-refractivity contribution in [2.45, 2.75) is 18.4 Å². The highest BCUT2D eigenvalue weighted by atomic mass is 35.5. The number of halogens is 1. The van der Waals surface area contributed by atoms with Gasteiger partial charge in [-0.3, -0.25) is 0 Å². The molecule has 0 amide bonds. The second-order valence-electron chi connectivity index (χ2n) is 5.21. The van der Waals surface area contributed by atoms with E-state index < -0.39 is 0 Å². The van der Waals surface area contributed by atoms with Gasteiger partial charge in [-0.15, -0.1) is 0 Å². The lowest BCUT2D eigenvalue weighted by Gasteiger charge is -2.12. The van der Waals surface area contributed by atoms with E-state index in [1.807, 2.05) is 6.07 Å². The van der Waals surface area contributed by atoms with E-state index in [0.29, 0.717) is 17.5 Å². The number of hydrogen-bond acceptors (Lipinski definition) is 4. The quantitative estimate of drug-likeness (QED) is 0.850. The SMILES string of the molecule is NC1(COc2cnc(Cl)c(-c3ccc(O)cc3)c2)CC1. The van der Waals surface area contributed by atoms with E-state index in [1.165, 1.54) is 0 Å². The number of hydrogen-bond donors (Lipinski definition) is 2. The van der Waals surface area contributed by atoms with E-state index >= 15 is 0 Å². The first-order chi connectivity index (χ1) is 9.56. The molecule has 0 aliphatic heterocycles. The average molecular weight is 291 g/mol. The van der Waals surface area contributed by atoms with Crippen LogP contribution in [0.4, 0.5) is 0 Å². The molecule has 1 aromatic heterocycles. The van der Waals surface area contributed by atoms with Crippen molar-refractivity contribution in [3.8, 4) is 22.6 Å². The van der Waals surface area contributed by atoms with Crippen molar-refractivity contribution >= 4 is 11.6 Å². The van der Waals surface area contributed by atoms with Gasteiger partial charge in [-0.1, -0.05) is 23.7 Å². The molecule has 0 bridgehead atoms. The number of phenolic OH excluding ortho intramolecular Hbond substituents is 1. The van der Waals surface area contributed by atoms with Gasteiger partial charge in [0, 0.05) is 5.56 Å². The van der Waals surface area contributed by atoms with Crippen LogP contribution in [-0.4, -0.2) is 22.2 Å². The van der Waals surface area contributed by atoms with Gasteiger partial charge in [-0.25, -0.2) is 4.98 Å². The zero-order chi connectivity index (χ0) is 14.2. The van der Waals surface area contributed by atoms with Crippen LogP contribution in [0.5, 0.6) is 11.5 Å². The molecule has 1 fully saturated rings. The number of pyridine rings is 1. The van der Waals surface area contributed by atoms with E-state index in [-0.39, 0.29) is 11.3 Å². The van der Waals surface area contributed by atoms with E-state index in [0.717, 1.165) is 24.0 Å². The summed E-state index contributed by atoms with van der Waals surface area (Å²) in [5, 5.41) is 9.72. The highest BCUT2D eigenvalue weighted by molar-refractivity contribution is 6.32. The minimum absolute atomic E-state index is 0.168. The number of rotatable bonds is 4. The lowest BCUT2D eigenvalue weighted by molar-refractivity contribution is 0.278. The molecule has 1 heterocycles. The van der Waals surface area contributed by atoms with Crippen LogP contribution in [0.3, 0.4) is 0 Å². The van der Waals surface area contributed by atoms with Crippen molar-refractivity contribution < 1.29 is 9.84 Å². The van der Waals surface area contributed by atoms with Crippen LogP contribution >= 0.6 is 11.6 Å². The van der Waals surface area contributed by atoms with Gasteiger partial charge in [0.1, 0.15) is 23.3 Å². The number of nitrogens with two attached hydrogens (primary N) is 1. The molecule has 3 rings (SSSR count). The molecule has 20 heavy (non-hydrogen) atoms. The highest BCUT2D eigenvalue weighted by Gasteiger charge is 2.39. The molecule has 0 radical (unpaired) electrons. The summed E-state index contributed by atoms with van der Waals surface area (Å²) >= 11 is 6.12. The molecule has 4 nitrogen and oxygen atoms in total. The van der Waals surface area contributed by atoms with E-state index in [1.54, 1.807) is 30.5 Å². The fourth-order valence-electron chi connectivity index (χ4n) is 1.88. The van der Waals surface area contributed by atoms with Crippen LogP contribution in [0.2, 0.25) is 5.15 Å². The molecule has 1 aliphatic carbocycles. The molecular weight excluding hydrogens is 276 g/mol. The molecule has 0 unspecified atom stereocenters. The van der Waals surface area contributed by atoms with Gasteiger partial charge >= 0.3 is 0 Å². The average Bonchev–Trinajstić information content (AvgIpc) is 3.17. The predicted molar refractivity (Wildman–Crippen MR) is 78.0 cm³/mol. The van der Waals surface area contributed by atoms with Gasteiger partial charge < -0.3 is 15.6 Å². The van der Waals surface area contributed by atoms with Gasteiger partial charge in [0.2, 0.25) is 0 Å². The van der Waals surface area contributed by atoms with Gasteiger partial charge in [0.05, 0.1) is 11.7 Å². The second kappa shape index (κ2) is 4.96. The number of nitrogens with zero attached hydrogens (tertiary/aromatic N) is 1. The predicted octanol–water partition coefficient (Wildman–Crippen LogP) is 2.98. The van der Waals surface area contributed by atoms with Crippen molar-refractivity contribution in [3.05, 3.63) is 41.7 Å². The van der Waals surface area contributed by atoms with Crippen LogP contribution in [-0.2, 0) is 0 Å². The fourth-order valence-corrected chi connectivity index (χ4v) is 2.10. The van der Waals surface area contributed by atoms with Crippen molar-refractivity contribution in [2.24, 2.45) is 5.73 Å². The Morgan fingerprint density at radius 2 is 2.00 bits per heavy atom. The highest BCUT2D eigenvalue weighted by Crippen LogP contribution is 2.34. The summed E-state index contributed by atoms with van der Waals surface area (Å²) in [5.74, 6) is 0.859. The van der Waals surface area contributed by atoms with Gasteiger partial charge in [0.25, 0.3) is 0 Å².